The van der Waals surface area contributed by atoms with E-state index in [0.29, 0.717) is 0 Å². The average Bonchev–Trinajstić information content (AvgIpc) is 3.42. The molecule has 3 nitrogen and oxygen atoms in total. The van der Waals surface area contributed by atoms with E-state index >= 15 is 0 Å². The first kappa shape index (κ1) is 37.5. The van der Waals surface area contributed by atoms with Crippen molar-refractivity contribution < 1.29 is 14.2 Å². The largest absolute Gasteiger partial charge is 0.496 e. The van der Waals surface area contributed by atoms with Gasteiger partial charge in [-0.05, 0) is 106 Å². The lowest BCUT2D eigenvalue weighted by Gasteiger charge is -2.39. The highest BCUT2D eigenvalue weighted by Crippen LogP contribution is 2.54. The monoisotopic (exact) mass is 704 g/mol. The predicted molar refractivity (Wildman–Crippen MR) is 219 cm³/mol. The third kappa shape index (κ3) is 6.63. The molecule has 0 N–H and O–H groups in total. The summed E-state index contributed by atoms with van der Waals surface area (Å²) in [4.78, 5) is 0. The fourth-order valence-corrected chi connectivity index (χ4v) is 11.3. The van der Waals surface area contributed by atoms with E-state index in [9.17, 15) is 0 Å². The molecule has 0 amide bonds. The van der Waals surface area contributed by atoms with Gasteiger partial charge in [-0.1, -0.05) is 119 Å². The molecular formula is C47H61O3P. The summed E-state index contributed by atoms with van der Waals surface area (Å²) in [7, 11) is 2.65. The highest BCUT2D eigenvalue weighted by Gasteiger charge is 2.47. The first-order chi connectivity index (χ1) is 23.7. The lowest BCUT2D eigenvalue weighted by Crippen LogP contribution is -2.37. The van der Waals surface area contributed by atoms with Crippen molar-refractivity contribution in [3.63, 3.8) is 0 Å². The Morgan fingerprint density at radius 1 is 0.588 bits per heavy atom. The molecule has 1 spiro atoms. The molecule has 272 valence electrons. The van der Waals surface area contributed by atoms with E-state index in [4.69, 9.17) is 14.2 Å². The van der Waals surface area contributed by atoms with Crippen LogP contribution in [0.15, 0.2) is 66.7 Å². The van der Waals surface area contributed by atoms with Crippen LogP contribution in [0, 0.1) is 0 Å². The van der Waals surface area contributed by atoms with Gasteiger partial charge in [0.25, 0.3) is 0 Å². The molecular weight excluding hydrogens is 643 g/mol. The summed E-state index contributed by atoms with van der Waals surface area (Å²) in [5.74, 6) is 3.07. The summed E-state index contributed by atoms with van der Waals surface area (Å²) in [6.07, 6.45) is 3.17. The molecule has 4 heteroatoms. The van der Waals surface area contributed by atoms with Crippen molar-refractivity contribution in [1.82, 2.24) is 0 Å². The van der Waals surface area contributed by atoms with Gasteiger partial charge in [-0.15, -0.1) is 0 Å². The summed E-state index contributed by atoms with van der Waals surface area (Å²) in [5, 5.41) is 4.22. The zero-order chi connectivity index (χ0) is 37.3. The Kier molecular flexibility index (Phi) is 9.54. The minimum atomic E-state index is -1.03. The van der Waals surface area contributed by atoms with Crippen molar-refractivity contribution in [2.75, 3.05) is 20.8 Å². The van der Waals surface area contributed by atoms with Crippen LogP contribution in [0.4, 0.5) is 0 Å². The molecule has 1 aliphatic heterocycles. The van der Waals surface area contributed by atoms with Crippen molar-refractivity contribution in [3.05, 3.63) is 106 Å². The molecule has 1 atom stereocenters. The van der Waals surface area contributed by atoms with Crippen LogP contribution in [-0.4, -0.2) is 20.8 Å². The molecule has 1 heterocycles. The van der Waals surface area contributed by atoms with E-state index in [1.165, 1.54) is 54.9 Å². The van der Waals surface area contributed by atoms with E-state index in [2.05, 4.69) is 150 Å². The van der Waals surface area contributed by atoms with Crippen molar-refractivity contribution in [2.45, 2.75) is 129 Å². The van der Waals surface area contributed by atoms with E-state index in [1.807, 2.05) is 14.2 Å². The number of hydrogen-bond acceptors (Lipinski definition) is 3. The third-order valence-corrected chi connectivity index (χ3v) is 13.6. The maximum Gasteiger partial charge on any atom is 0.126 e. The number of methoxy groups -OCH3 is 2. The van der Waals surface area contributed by atoms with Crippen molar-refractivity contribution >= 4 is 23.8 Å². The first-order valence-electron chi connectivity index (χ1n) is 18.8. The summed E-state index contributed by atoms with van der Waals surface area (Å²) in [5.41, 5.74) is 8.86. The van der Waals surface area contributed by atoms with Crippen molar-refractivity contribution in [3.8, 4) is 17.2 Å². The molecule has 0 saturated carbocycles. The number of aryl methyl sites for hydroxylation is 1. The molecule has 51 heavy (non-hydrogen) atoms. The molecule has 6 rings (SSSR count). The quantitative estimate of drug-likeness (QED) is 0.194. The standard InChI is InChI=1S/C47H61O3P/c1-43(2,3)34-26-31(27-35(41(34)48-13)44(4,5)6)51(32-28-36(45(7,8)9)42(49-14)37(29-32)46(10,11)12)39-21-17-18-30-22-23-47(40(30)39)24-25-50-38-20-16-15-19-33(38)47/h15-21,26-29H,22-25H2,1-14H3/t47-/m1/s1. The topological polar surface area (TPSA) is 27.7 Å². The van der Waals surface area contributed by atoms with Crippen LogP contribution in [-0.2, 0) is 33.5 Å². The normalized spacial score (nSPS) is 17.7. The molecule has 0 fully saturated rings. The highest BCUT2D eigenvalue weighted by atomic mass is 31.1. The third-order valence-electron chi connectivity index (χ3n) is 11.2. The maximum atomic E-state index is 6.34. The van der Waals surface area contributed by atoms with E-state index in [-0.39, 0.29) is 27.1 Å². The molecule has 4 aromatic rings. The van der Waals surface area contributed by atoms with Gasteiger partial charge in [-0.2, -0.15) is 0 Å². The van der Waals surface area contributed by atoms with Crippen LogP contribution in [0.25, 0.3) is 0 Å². The highest BCUT2D eigenvalue weighted by molar-refractivity contribution is 7.80. The van der Waals surface area contributed by atoms with Crippen LogP contribution in [0.1, 0.15) is 135 Å². The number of para-hydroxylation sites is 1. The lowest BCUT2D eigenvalue weighted by atomic mass is 9.71. The van der Waals surface area contributed by atoms with E-state index in [1.54, 1.807) is 0 Å². The van der Waals surface area contributed by atoms with Crippen molar-refractivity contribution in [2.24, 2.45) is 0 Å². The second kappa shape index (κ2) is 13.0. The zero-order valence-corrected chi connectivity index (χ0v) is 34.7. The Bertz CT molecular complexity index is 1790. The van der Waals surface area contributed by atoms with E-state index in [0.717, 1.165) is 43.1 Å². The van der Waals surface area contributed by atoms with Gasteiger partial charge in [-0.3, -0.25) is 0 Å². The fourth-order valence-electron chi connectivity index (χ4n) is 8.56. The van der Waals surface area contributed by atoms with Crippen molar-refractivity contribution in [1.29, 1.82) is 0 Å². The van der Waals surface area contributed by atoms with Crippen LogP contribution in [0.3, 0.4) is 0 Å². The van der Waals surface area contributed by atoms with Crippen LogP contribution in [0.5, 0.6) is 17.2 Å². The number of hydrogen-bond donors (Lipinski definition) is 0. The van der Waals surface area contributed by atoms with Gasteiger partial charge in [0, 0.05) is 33.2 Å². The van der Waals surface area contributed by atoms with Gasteiger partial charge in [-0.25, -0.2) is 0 Å². The Morgan fingerprint density at radius 3 is 1.51 bits per heavy atom. The molecule has 0 saturated heterocycles. The van der Waals surface area contributed by atoms with Crippen LogP contribution < -0.4 is 30.1 Å². The van der Waals surface area contributed by atoms with Gasteiger partial charge in [0.15, 0.2) is 0 Å². The number of rotatable bonds is 5. The fraction of sp³-hybridized carbons (Fsp3) is 0.489. The zero-order valence-electron chi connectivity index (χ0n) is 33.9. The molecule has 2 aliphatic rings. The van der Waals surface area contributed by atoms with Gasteiger partial charge in [0.2, 0.25) is 0 Å². The Hall–Kier alpha value is -3.29. The molecule has 0 unspecified atom stereocenters. The Morgan fingerprint density at radius 2 is 1.06 bits per heavy atom. The Labute approximate surface area is 310 Å². The minimum absolute atomic E-state index is 0.0836. The Balaban J connectivity index is 1.78. The molecule has 0 radical (unpaired) electrons. The summed E-state index contributed by atoms with van der Waals surface area (Å²) in [6, 6.07) is 26.0. The molecule has 4 aromatic carbocycles. The second-order valence-electron chi connectivity index (χ2n) is 19.0. The smallest absolute Gasteiger partial charge is 0.126 e. The number of fused-ring (bicyclic) bond motifs is 4. The first-order valence-corrected chi connectivity index (χ1v) is 20.2. The average molecular weight is 705 g/mol. The van der Waals surface area contributed by atoms with Gasteiger partial charge >= 0.3 is 0 Å². The second-order valence-corrected chi connectivity index (χ2v) is 21.2. The molecule has 1 aliphatic carbocycles. The number of benzene rings is 4. The number of ether oxygens (including phenoxy) is 3. The van der Waals surface area contributed by atoms with Gasteiger partial charge in [0.1, 0.15) is 17.2 Å². The van der Waals surface area contributed by atoms with Gasteiger partial charge in [0.05, 0.1) is 20.8 Å². The van der Waals surface area contributed by atoms with E-state index < -0.39 is 7.92 Å². The van der Waals surface area contributed by atoms with Gasteiger partial charge < -0.3 is 14.2 Å². The molecule has 0 aromatic heterocycles. The summed E-state index contributed by atoms with van der Waals surface area (Å²) in [6.45, 7) is 28.6. The SMILES string of the molecule is COc1c(C(C)(C)C)cc(P(c2cc(C(C)(C)C)c(OC)c(C(C)(C)C)c2)c2cccc3c2[C@@]2(CCOc4ccccc42)CC3)cc1C(C)(C)C. The summed E-state index contributed by atoms with van der Waals surface area (Å²) < 4.78 is 19.0. The van der Waals surface area contributed by atoms with Crippen LogP contribution in [0.2, 0.25) is 0 Å². The minimum Gasteiger partial charge on any atom is -0.496 e. The molecule has 0 bridgehead atoms. The summed E-state index contributed by atoms with van der Waals surface area (Å²) >= 11 is 0. The lowest BCUT2D eigenvalue weighted by molar-refractivity contribution is 0.235. The van der Waals surface area contributed by atoms with Crippen LogP contribution >= 0.6 is 7.92 Å². The predicted octanol–water partition coefficient (Wildman–Crippen LogP) is 10.7. The maximum absolute atomic E-state index is 6.34.